The van der Waals surface area contributed by atoms with Crippen molar-refractivity contribution in [3.05, 3.63) is 243 Å². The molecule has 15 rings (SSSR count). The van der Waals surface area contributed by atoms with Gasteiger partial charge in [-0.25, -0.2) is 0 Å². The van der Waals surface area contributed by atoms with Gasteiger partial charge in [-0.05, 0) is 85.3 Å². The van der Waals surface area contributed by atoms with Crippen molar-refractivity contribution in [3.63, 3.8) is 0 Å². The Labute approximate surface area is 408 Å². The van der Waals surface area contributed by atoms with E-state index < -0.39 is 0 Å². The van der Waals surface area contributed by atoms with Gasteiger partial charge in [0.05, 0.1) is 78.1 Å². The van der Waals surface area contributed by atoms with Crippen molar-refractivity contribution < 1.29 is 0 Å². The van der Waals surface area contributed by atoms with Crippen molar-refractivity contribution in [2.24, 2.45) is 0 Å². The van der Waals surface area contributed by atoms with Gasteiger partial charge in [-0.15, -0.1) is 0 Å². The van der Waals surface area contributed by atoms with Crippen LogP contribution < -0.4 is 0 Å². The van der Waals surface area contributed by atoms with Crippen molar-refractivity contribution in [2.45, 2.75) is 6.92 Å². The molecule has 15 aromatic rings. The topological polar surface area (TPSA) is 45.5 Å². The molecule has 0 N–H and O–H groups in total. The van der Waals surface area contributed by atoms with Gasteiger partial charge >= 0.3 is 0 Å². The maximum absolute atomic E-state index is 5.65. The lowest BCUT2D eigenvalue weighted by atomic mass is 9.92. The lowest BCUT2D eigenvalue weighted by Gasteiger charge is -2.31. The Morgan fingerprint density at radius 2 is 0.535 bits per heavy atom. The van der Waals surface area contributed by atoms with Crippen LogP contribution in [0.1, 0.15) is 5.69 Å². The molecule has 0 aliphatic rings. The molecular formula is C65H42N6. The minimum Gasteiger partial charge on any atom is -0.306 e. The number of hydrogen-bond acceptors (Lipinski definition) is 2. The summed E-state index contributed by atoms with van der Waals surface area (Å²) >= 11 is 0. The van der Waals surface area contributed by atoms with Gasteiger partial charge < -0.3 is 18.3 Å². The average molecular weight is 907 g/mol. The summed E-state index contributed by atoms with van der Waals surface area (Å²) in [5.41, 5.74) is 17.8. The summed E-state index contributed by atoms with van der Waals surface area (Å²) in [7, 11) is 0. The number of aromatic nitrogens is 6. The molecule has 0 spiro atoms. The second-order valence-electron chi connectivity index (χ2n) is 18.5. The highest BCUT2D eigenvalue weighted by Crippen LogP contribution is 2.54. The summed E-state index contributed by atoms with van der Waals surface area (Å²) in [6.07, 6.45) is 3.88. The van der Waals surface area contributed by atoms with Crippen LogP contribution >= 0.6 is 0 Å². The number of benzene rings is 9. The predicted molar refractivity (Wildman–Crippen MR) is 295 cm³/mol. The van der Waals surface area contributed by atoms with E-state index in [1.165, 1.54) is 43.1 Å². The molecule has 0 unspecified atom stereocenters. The average Bonchev–Trinajstić information content (AvgIpc) is 4.16. The zero-order valence-electron chi connectivity index (χ0n) is 38.7. The SMILES string of the molecule is Cc1cccc(-c2c(-n3c4ccccc4c4ccccc43)c(-n3c4ccccc4c4ccccc43)c(-c3ccncc3)c(-n3c4ccccc4c4ccccc43)c2-n2c3ccccc3c3ccccc32)n1. The van der Waals surface area contributed by atoms with E-state index in [1.807, 2.05) is 12.4 Å². The van der Waals surface area contributed by atoms with Crippen LogP contribution in [0, 0.1) is 6.92 Å². The molecule has 0 atom stereocenters. The van der Waals surface area contributed by atoms with Crippen LogP contribution in [0.4, 0.5) is 0 Å². The second-order valence-corrected chi connectivity index (χ2v) is 18.5. The summed E-state index contributed by atoms with van der Waals surface area (Å²) in [6, 6.07) is 82.0. The van der Waals surface area contributed by atoms with Crippen molar-refractivity contribution in [1.29, 1.82) is 0 Å². The van der Waals surface area contributed by atoms with Crippen molar-refractivity contribution in [2.75, 3.05) is 0 Å². The van der Waals surface area contributed by atoms with Crippen molar-refractivity contribution in [3.8, 4) is 45.1 Å². The monoisotopic (exact) mass is 906 g/mol. The fourth-order valence-corrected chi connectivity index (χ4v) is 11.9. The Hall–Kier alpha value is -9.52. The molecule has 0 aliphatic heterocycles. The Morgan fingerprint density at radius 3 is 0.817 bits per heavy atom. The van der Waals surface area contributed by atoms with Gasteiger partial charge in [0.25, 0.3) is 0 Å². The summed E-state index contributed by atoms with van der Waals surface area (Å²) in [4.78, 5) is 10.4. The number of hydrogen-bond donors (Lipinski definition) is 0. The molecule has 0 bridgehead atoms. The van der Waals surface area contributed by atoms with E-state index in [0.29, 0.717) is 0 Å². The number of rotatable bonds is 6. The number of pyridine rings is 2. The summed E-state index contributed by atoms with van der Waals surface area (Å²) in [6.45, 7) is 2.11. The molecule has 0 radical (unpaired) electrons. The highest BCUT2D eigenvalue weighted by molar-refractivity contribution is 6.18. The highest BCUT2D eigenvalue weighted by Gasteiger charge is 2.35. The van der Waals surface area contributed by atoms with Crippen LogP contribution in [-0.4, -0.2) is 28.2 Å². The van der Waals surface area contributed by atoms with Crippen LogP contribution in [0.25, 0.3) is 132 Å². The molecule has 0 fully saturated rings. The number of aryl methyl sites for hydroxylation is 1. The molecule has 6 nitrogen and oxygen atoms in total. The van der Waals surface area contributed by atoms with Crippen LogP contribution in [0.15, 0.2) is 237 Å². The first-order valence-electron chi connectivity index (χ1n) is 24.3. The minimum atomic E-state index is 0.865. The van der Waals surface area contributed by atoms with Gasteiger partial charge in [0.1, 0.15) is 0 Å². The van der Waals surface area contributed by atoms with Gasteiger partial charge in [0.15, 0.2) is 0 Å². The summed E-state index contributed by atoms with van der Waals surface area (Å²) < 4.78 is 10.2. The standard InChI is InChI=1S/C65H42N6/c1-41-19-18-28-51(67-41)61-64(70-56-33-14-6-24-47(56)48-25-7-15-34-57(48)70)62(68-52-29-10-2-20-43(52)44-21-3-11-30-53(44)68)60(42-37-39-66-40-38-42)63(69-54-31-12-4-22-45(54)46-23-5-13-32-55(46)69)65(61)71-58-35-16-8-26-49(58)50-27-9-17-36-59(50)71/h2-40H,1H3. The van der Waals surface area contributed by atoms with E-state index in [2.05, 4.69) is 250 Å². The zero-order chi connectivity index (χ0) is 46.7. The second kappa shape index (κ2) is 15.2. The maximum Gasteiger partial charge on any atom is 0.0827 e. The van der Waals surface area contributed by atoms with Crippen molar-refractivity contribution >= 4 is 87.2 Å². The van der Waals surface area contributed by atoms with E-state index in [0.717, 1.165) is 95.0 Å². The molecule has 6 heteroatoms. The molecule has 0 aliphatic carbocycles. The first-order chi connectivity index (χ1) is 35.2. The van der Waals surface area contributed by atoms with Gasteiger partial charge in [-0.2, -0.15) is 0 Å². The quantitative estimate of drug-likeness (QED) is 0.167. The molecule has 6 aromatic heterocycles. The lowest BCUT2D eigenvalue weighted by molar-refractivity contribution is 1.04. The summed E-state index contributed by atoms with van der Waals surface area (Å²) in [5, 5.41) is 9.41. The fraction of sp³-hybridized carbons (Fsp3) is 0.0154. The van der Waals surface area contributed by atoms with E-state index in [4.69, 9.17) is 9.97 Å². The maximum atomic E-state index is 5.65. The largest absolute Gasteiger partial charge is 0.306 e. The molecule has 0 amide bonds. The van der Waals surface area contributed by atoms with Gasteiger partial charge in [-0.3, -0.25) is 9.97 Å². The van der Waals surface area contributed by atoms with Crippen LogP contribution in [0.5, 0.6) is 0 Å². The lowest BCUT2D eigenvalue weighted by Crippen LogP contribution is -2.16. The van der Waals surface area contributed by atoms with Crippen molar-refractivity contribution in [1.82, 2.24) is 28.2 Å². The molecular weight excluding hydrogens is 865 g/mol. The predicted octanol–water partition coefficient (Wildman–Crippen LogP) is 16.5. The molecule has 6 heterocycles. The smallest absolute Gasteiger partial charge is 0.0827 e. The number of para-hydroxylation sites is 8. The highest BCUT2D eigenvalue weighted by atomic mass is 15.1. The Balaban J connectivity index is 1.35. The Bertz CT molecular complexity index is 4190. The third-order valence-corrected chi connectivity index (χ3v) is 14.7. The molecule has 9 aromatic carbocycles. The third kappa shape index (κ3) is 5.58. The first kappa shape index (κ1) is 39.5. The van der Waals surface area contributed by atoms with Gasteiger partial charge in [0.2, 0.25) is 0 Å². The van der Waals surface area contributed by atoms with E-state index in [-0.39, 0.29) is 0 Å². The molecule has 0 saturated carbocycles. The summed E-state index contributed by atoms with van der Waals surface area (Å²) in [5.74, 6) is 0. The van der Waals surface area contributed by atoms with E-state index >= 15 is 0 Å². The zero-order valence-corrected chi connectivity index (χ0v) is 38.7. The van der Waals surface area contributed by atoms with Crippen LogP contribution in [-0.2, 0) is 0 Å². The Kier molecular flexibility index (Phi) is 8.47. The van der Waals surface area contributed by atoms with E-state index in [9.17, 15) is 0 Å². The molecule has 71 heavy (non-hydrogen) atoms. The normalized spacial score (nSPS) is 12.0. The minimum absolute atomic E-state index is 0.865. The van der Waals surface area contributed by atoms with Crippen LogP contribution in [0.2, 0.25) is 0 Å². The number of nitrogens with zero attached hydrogens (tertiary/aromatic N) is 6. The van der Waals surface area contributed by atoms with Gasteiger partial charge in [0, 0.05) is 66.7 Å². The van der Waals surface area contributed by atoms with Gasteiger partial charge in [-0.1, -0.05) is 152 Å². The van der Waals surface area contributed by atoms with E-state index in [1.54, 1.807) is 0 Å². The fourth-order valence-electron chi connectivity index (χ4n) is 11.9. The van der Waals surface area contributed by atoms with Crippen LogP contribution in [0.3, 0.4) is 0 Å². The first-order valence-corrected chi connectivity index (χ1v) is 24.3. The number of fused-ring (bicyclic) bond motifs is 12. The Morgan fingerprint density at radius 1 is 0.268 bits per heavy atom. The molecule has 0 saturated heterocycles. The third-order valence-electron chi connectivity index (χ3n) is 14.7. The molecule has 332 valence electrons.